The van der Waals surface area contributed by atoms with Crippen molar-refractivity contribution in [2.75, 3.05) is 17.9 Å². The summed E-state index contributed by atoms with van der Waals surface area (Å²) in [5.74, 6) is 0.0472. The second kappa shape index (κ2) is 8.57. The molecule has 0 aliphatic rings. The molecule has 0 radical (unpaired) electrons. The van der Waals surface area contributed by atoms with E-state index in [9.17, 15) is 13.2 Å². The summed E-state index contributed by atoms with van der Waals surface area (Å²) in [5.41, 5.74) is 5.69. The van der Waals surface area contributed by atoms with Gasteiger partial charge in [-0.2, -0.15) is 0 Å². The summed E-state index contributed by atoms with van der Waals surface area (Å²) in [5, 5.41) is 0. The number of ether oxygens (including phenoxy) is 2. The molecule has 2 rings (SSSR count). The number of anilines is 1. The Kier molecular flexibility index (Phi) is 6.46. The van der Waals surface area contributed by atoms with Crippen LogP contribution in [0.3, 0.4) is 0 Å². The number of primary amides is 1. The van der Waals surface area contributed by atoms with Crippen LogP contribution in [0.5, 0.6) is 11.5 Å². The Morgan fingerprint density at radius 2 is 1.88 bits per heavy atom. The van der Waals surface area contributed by atoms with Gasteiger partial charge >= 0.3 is 0 Å². The van der Waals surface area contributed by atoms with Crippen molar-refractivity contribution in [1.29, 1.82) is 0 Å². The maximum absolute atomic E-state index is 12.6. The van der Waals surface area contributed by atoms with Gasteiger partial charge in [-0.3, -0.25) is 9.52 Å². The van der Waals surface area contributed by atoms with Crippen LogP contribution in [0.25, 0.3) is 0 Å². The molecule has 0 atom stereocenters. The smallest absolute Gasteiger partial charge is 0.261 e. The van der Waals surface area contributed by atoms with Crippen LogP contribution in [0.15, 0.2) is 47.4 Å². The molecule has 1 amide bonds. The first kappa shape index (κ1) is 19.6. The van der Waals surface area contributed by atoms with Gasteiger partial charge < -0.3 is 15.2 Å². The summed E-state index contributed by atoms with van der Waals surface area (Å²) in [6, 6.07) is 10.6. The van der Waals surface area contributed by atoms with Crippen molar-refractivity contribution >= 4 is 21.6 Å². The number of hydrogen-bond donors (Lipinski definition) is 2. The average Bonchev–Trinajstić information content (AvgIpc) is 2.60. The van der Waals surface area contributed by atoms with Gasteiger partial charge in [-0.1, -0.05) is 13.0 Å². The molecule has 0 unspecified atom stereocenters. The molecule has 0 saturated carbocycles. The fourth-order valence-electron chi connectivity index (χ4n) is 2.23. The molecule has 3 N–H and O–H groups in total. The van der Waals surface area contributed by atoms with Crippen LogP contribution in [0.2, 0.25) is 0 Å². The van der Waals surface area contributed by atoms with Crippen LogP contribution < -0.4 is 19.9 Å². The number of hydrogen-bond acceptors (Lipinski definition) is 5. The van der Waals surface area contributed by atoms with E-state index in [1.54, 1.807) is 31.2 Å². The van der Waals surface area contributed by atoms with Crippen LogP contribution in [0.4, 0.5) is 5.69 Å². The van der Waals surface area contributed by atoms with Crippen LogP contribution in [-0.2, 0) is 10.0 Å². The molecule has 0 aliphatic heterocycles. The molecule has 140 valence electrons. The molecule has 26 heavy (non-hydrogen) atoms. The lowest BCUT2D eigenvalue weighted by Gasteiger charge is -2.12. The van der Waals surface area contributed by atoms with Crippen molar-refractivity contribution in [3.63, 3.8) is 0 Å². The summed E-state index contributed by atoms with van der Waals surface area (Å²) >= 11 is 0. The number of amides is 1. The lowest BCUT2D eigenvalue weighted by molar-refractivity contribution is 0.0996. The van der Waals surface area contributed by atoms with E-state index in [-0.39, 0.29) is 16.2 Å². The normalized spacial score (nSPS) is 11.0. The molecular formula is C18H22N2O5S. The zero-order valence-corrected chi connectivity index (χ0v) is 15.5. The largest absolute Gasteiger partial charge is 0.494 e. The van der Waals surface area contributed by atoms with Gasteiger partial charge in [0.1, 0.15) is 11.5 Å². The van der Waals surface area contributed by atoms with E-state index >= 15 is 0 Å². The zero-order valence-electron chi connectivity index (χ0n) is 14.7. The predicted octanol–water partition coefficient (Wildman–Crippen LogP) is 2.77. The molecule has 0 aliphatic carbocycles. The molecule has 0 spiro atoms. The van der Waals surface area contributed by atoms with Gasteiger partial charge in [0.05, 0.1) is 29.4 Å². The second-order valence-corrected chi connectivity index (χ2v) is 7.12. The Bertz CT molecular complexity index is 881. The molecule has 0 fully saturated rings. The minimum absolute atomic E-state index is 0.00903. The fraction of sp³-hybridized carbons (Fsp3) is 0.278. The van der Waals surface area contributed by atoms with E-state index in [1.165, 1.54) is 18.2 Å². The number of carbonyl (C=O) groups is 1. The number of nitrogens with two attached hydrogens (primary N) is 1. The van der Waals surface area contributed by atoms with Crippen LogP contribution in [-0.4, -0.2) is 27.5 Å². The first-order valence-electron chi connectivity index (χ1n) is 8.19. The van der Waals surface area contributed by atoms with Crippen molar-refractivity contribution in [2.45, 2.75) is 25.2 Å². The van der Waals surface area contributed by atoms with Crippen molar-refractivity contribution in [3.8, 4) is 11.5 Å². The third-order valence-electron chi connectivity index (χ3n) is 3.39. The van der Waals surface area contributed by atoms with Gasteiger partial charge in [0, 0.05) is 6.07 Å². The quantitative estimate of drug-likeness (QED) is 0.697. The maximum Gasteiger partial charge on any atom is 0.261 e. The van der Waals surface area contributed by atoms with E-state index in [4.69, 9.17) is 15.2 Å². The number of rotatable bonds is 9. The Morgan fingerprint density at radius 3 is 2.54 bits per heavy atom. The van der Waals surface area contributed by atoms with E-state index in [2.05, 4.69) is 4.72 Å². The molecule has 7 nitrogen and oxygen atoms in total. The molecule has 0 aromatic heterocycles. The topological polar surface area (TPSA) is 108 Å². The first-order chi connectivity index (χ1) is 12.4. The van der Waals surface area contributed by atoms with Gasteiger partial charge in [0.25, 0.3) is 15.9 Å². The van der Waals surface area contributed by atoms with Crippen LogP contribution in [0.1, 0.15) is 30.6 Å². The number of nitrogens with one attached hydrogen (secondary N) is 1. The third-order valence-corrected chi connectivity index (χ3v) is 4.76. The molecule has 2 aromatic rings. The SMILES string of the molecule is CCCOc1cccc(NS(=O)(=O)c2ccc(OCC)c(C(N)=O)c2)c1. The molecule has 0 saturated heterocycles. The van der Waals surface area contributed by atoms with Gasteiger partial charge in [-0.25, -0.2) is 8.42 Å². The Balaban J connectivity index is 2.30. The molecule has 8 heteroatoms. The lowest BCUT2D eigenvalue weighted by Crippen LogP contribution is -2.17. The Labute approximate surface area is 153 Å². The summed E-state index contributed by atoms with van der Waals surface area (Å²) in [6.45, 7) is 4.60. The summed E-state index contributed by atoms with van der Waals surface area (Å²) in [7, 11) is -3.91. The van der Waals surface area contributed by atoms with Gasteiger partial charge in [0.2, 0.25) is 0 Å². The molecular weight excluding hydrogens is 356 g/mol. The maximum atomic E-state index is 12.6. The highest BCUT2D eigenvalue weighted by Gasteiger charge is 2.19. The number of benzene rings is 2. The third kappa shape index (κ3) is 4.89. The molecule has 2 aromatic carbocycles. The second-order valence-electron chi connectivity index (χ2n) is 5.44. The van der Waals surface area contributed by atoms with Crippen molar-refractivity contribution < 1.29 is 22.7 Å². The molecule has 0 bridgehead atoms. The Morgan fingerprint density at radius 1 is 1.12 bits per heavy atom. The number of carbonyl (C=O) groups excluding carboxylic acids is 1. The van der Waals surface area contributed by atoms with Crippen LogP contribution >= 0.6 is 0 Å². The molecule has 0 heterocycles. The minimum atomic E-state index is -3.91. The van der Waals surface area contributed by atoms with Gasteiger partial charge in [0.15, 0.2) is 0 Å². The monoisotopic (exact) mass is 378 g/mol. The van der Waals surface area contributed by atoms with Crippen LogP contribution in [0, 0.1) is 0 Å². The summed E-state index contributed by atoms with van der Waals surface area (Å²) < 4.78 is 38.5. The lowest BCUT2D eigenvalue weighted by atomic mass is 10.2. The minimum Gasteiger partial charge on any atom is -0.494 e. The van der Waals surface area contributed by atoms with E-state index in [1.807, 2.05) is 6.92 Å². The van der Waals surface area contributed by atoms with Gasteiger partial charge in [-0.15, -0.1) is 0 Å². The zero-order chi connectivity index (χ0) is 19.2. The van der Waals surface area contributed by atoms with Crippen molar-refractivity contribution in [2.24, 2.45) is 5.73 Å². The summed E-state index contributed by atoms with van der Waals surface area (Å²) in [4.78, 5) is 11.5. The summed E-state index contributed by atoms with van der Waals surface area (Å²) in [6.07, 6.45) is 0.845. The number of sulfonamides is 1. The highest BCUT2D eigenvalue weighted by Crippen LogP contribution is 2.25. The van der Waals surface area contributed by atoms with Gasteiger partial charge in [-0.05, 0) is 43.7 Å². The first-order valence-corrected chi connectivity index (χ1v) is 9.68. The standard InChI is InChI=1S/C18H22N2O5S/c1-3-10-25-14-7-5-6-13(11-14)20-26(22,23)15-8-9-17(24-4-2)16(12-15)18(19)21/h5-9,11-12,20H,3-4,10H2,1-2H3,(H2,19,21). The Hall–Kier alpha value is -2.74. The van der Waals surface area contributed by atoms with Crippen molar-refractivity contribution in [1.82, 2.24) is 0 Å². The van der Waals surface area contributed by atoms with E-state index in [0.717, 1.165) is 6.42 Å². The highest BCUT2D eigenvalue weighted by atomic mass is 32.2. The van der Waals surface area contributed by atoms with Crippen molar-refractivity contribution in [3.05, 3.63) is 48.0 Å². The predicted molar refractivity (Wildman–Crippen MR) is 99.2 cm³/mol. The average molecular weight is 378 g/mol. The van der Waals surface area contributed by atoms with E-state index in [0.29, 0.717) is 24.7 Å². The highest BCUT2D eigenvalue weighted by molar-refractivity contribution is 7.92. The van der Waals surface area contributed by atoms with E-state index < -0.39 is 15.9 Å². The fourth-order valence-corrected chi connectivity index (χ4v) is 3.31.